The van der Waals surface area contributed by atoms with E-state index in [-0.39, 0.29) is 23.8 Å². The van der Waals surface area contributed by atoms with E-state index < -0.39 is 23.8 Å². The van der Waals surface area contributed by atoms with Gasteiger partial charge in [-0.15, -0.1) is 0 Å². The molecular formula is C29H49N3O4. The summed E-state index contributed by atoms with van der Waals surface area (Å²) in [5.74, 6) is -0.635. The van der Waals surface area contributed by atoms with Crippen molar-refractivity contribution in [1.82, 2.24) is 15.5 Å². The van der Waals surface area contributed by atoms with Crippen molar-refractivity contribution in [2.75, 3.05) is 6.54 Å². The van der Waals surface area contributed by atoms with Gasteiger partial charge in [0.05, 0.1) is 0 Å². The molecule has 0 heterocycles. The molecule has 0 saturated heterocycles. The summed E-state index contributed by atoms with van der Waals surface area (Å²) in [5.41, 5.74) is 2.15. The first kappa shape index (κ1) is 31.5. The number of amides is 3. The average Bonchev–Trinajstić information content (AvgIpc) is 2.79. The molecule has 0 aliphatic carbocycles. The highest BCUT2D eigenvalue weighted by Crippen LogP contribution is 2.30. The van der Waals surface area contributed by atoms with Crippen molar-refractivity contribution in [3.63, 3.8) is 0 Å². The SMILES string of the molecule is CCCCNC(=O)C(c1ccc(C)cc1C)N(C(=O)C(NC(=O)OC(C)(C)C)C(C)CC)C(C)CC. The maximum atomic E-state index is 14.2. The minimum atomic E-state index is -0.824. The molecule has 36 heavy (non-hydrogen) atoms. The molecule has 7 heteroatoms. The van der Waals surface area contributed by atoms with Crippen molar-refractivity contribution in [3.8, 4) is 0 Å². The molecule has 4 unspecified atom stereocenters. The van der Waals surface area contributed by atoms with E-state index in [9.17, 15) is 14.4 Å². The lowest BCUT2D eigenvalue weighted by molar-refractivity contribution is -0.146. The molecule has 2 N–H and O–H groups in total. The monoisotopic (exact) mass is 503 g/mol. The highest BCUT2D eigenvalue weighted by molar-refractivity contribution is 5.92. The number of hydrogen-bond donors (Lipinski definition) is 2. The predicted molar refractivity (Wildman–Crippen MR) is 146 cm³/mol. The van der Waals surface area contributed by atoms with E-state index in [1.165, 1.54) is 0 Å². The predicted octanol–water partition coefficient (Wildman–Crippen LogP) is 5.83. The zero-order valence-electron chi connectivity index (χ0n) is 24.2. The van der Waals surface area contributed by atoms with Gasteiger partial charge in [0.1, 0.15) is 17.7 Å². The Morgan fingerprint density at radius 3 is 2.17 bits per heavy atom. The van der Waals surface area contributed by atoms with Crippen LogP contribution in [0.15, 0.2) is 18.2 Å². The summed E-state index contributed by atoms with van der Waals surface area (Å²) < 4.78 is 5.47. The van der Waals surface area contributed by atoms with Gasteiger partial charge in [-0.05, 0) is 71.4 Å². The topological polar surface area (TPSA) is 87.7 Å². The molecule has 7 nitrogen and oxygen atoms in total. The van der Waals surface area contributed by atoms with Crippen molar-refractivity contribution in [2.45, 2.75) is 119 Å². The number of hydrogen-bond acceptors (Lipinski definition) is 4. The number of nitrogens with zero attached hydrogens (tertiary/aromatic N) is 1. The maximum Gasteiger partial charge on any atom is 0.408 e. The lowest BCUT2D eigenvalue weighted by atomic mass is 9.92. The second-order valence-electron chi connectivity index (χ2n) is 10.9. The second-order valence-corrected chi connectivity index (χ2v) is 10.9. The fourth-order valence-electron chi connectivity index (χ4n) is 4.11. The van der Waals surface area contributed by atoms with E-state index in [0.29, 0.717) is 19.4 Å². The van der Waals surface area contributed by atoms with Crippen LogP contribution in [0.1, 0.15) is 104 Å². The van der Waals surface area contributed by atoms with Gasteiger partial charge < -0.3 is 20.3 Å². The fourth-order valence-corrected chi connectivity index (χ4v) is 4.11. The Balaban J connectivity index is 3.58. The molecule has 204 valence electrons. The molecule has 0 bridgehead atoms. The zero-order valence-corrected chi connectivity index (χ0v) is 24.2. The minimum Gasteiger partial charge on any atom is -0.444 e. The van der Waals surface area contributed by atoms with Crippen LogP contribution in [-0.4, -0.2) is 47.0 Å². The van der Waals surface area contributed by atoms with Gasteiger partial charge in [0.25, 0.3) is 0 Å². The fraction of sp³-hybridized carbons (Fsp3) is 0.690. The van der Waals surface area contributed by atoms with Crippen LogP contribution in [-0.2, 0) is 14.3 Å². The smallest absolute Gasteiger partial charge is 0.408 e. The third-order valence-corrected chi connectivity index (χ3v) is 6.55. The van der Waals surface area contributed by atoms with Crippen LogP contribution in [0.3, 0.4) is 0 Å². The Bertz CT molecular complexity index is 878. The Kier molecular flexibility index (Phi) is 12.4. The van der Waals surface area contributed by atoms with Crippen LogP contribution >= 0.6 is 0 Å². The van der Waals surface area contributed by atoms with Crippen LogP contribution in [0.2, 0.25) is 0 Å². The summed E-state index contributed by atoms with van der Waals surface area (Å²) in [5, 5.41) is 5.87. The number of carbonyl (C=O) groups is 3. The molecule has 1 aromatic carbocycles. The molecular weight excluding hydrogens is 454 g/mol. The van der Waals surface area contributed by atoms with Crippen molar-refractivity contribution >= 4 is 17.9 Å². The third-order valence-electron chi connectivity index (χ3n) is 6.55. The van der Waals surface area contributed by atoms with Crippen LogP contribution in [0.4, 0.5) is 4.79 Å². The van der Waals surface area contributed by atoms with Crippen molar-refractivity contribution in [2.24, 2.45) is 5.92 Å². The Hall–Kier alpha value is -2.57. The first-order valence-corrected chi connectivity index (χ1v) is 13.4. The van der Waals surface area contributed by atoms with Gasteiger partial charge in [-0.1, -0.05) is 64.3 Å². The van der Waals surface area contributed by atoms with Crippen molar-refractivity contribution in [3.05, 3.63) is 34.9 Å². The van der Waals surface area contributed by atoms with Gasteiger partial charge in [0, 0.05) is 12.6 Å². The normalized spacial score (nSPS) is 14.8. The number of alkyl carbamates (subject to hydrolysis) is 1. The summed E-state index contributed by atoms with van der Waals surface area (Å²) in [6, 6.07) is 4.08. The van der Waals surface area contributed by atoms with E-state index in [1.807, 2.05) is 59.7 Å². The highest BCUT2D eigenvalue weighted by atomic mass is 16.6. The van der Waals surface area contributed by atoms with Gasteiger partial charge in [-0.2, -0.15) is 0 Å². The lowest BCUT2D eigenvalue weighted by Crippen LogP contribution is -2.57. The Morgan fingerprint density at radius 2 is 1.67 bits per heavy atom. The highest BCUT2D eigenvalue weighted by Gasteiger charge is 2.40. The molecule has 0 saturated carbocycles. The van der Waals surface area contributed by atoms with E-state index in [2.05, 4.69) is 17.6 Å². The zero-order chi connectivity index (χ0) is 27.6. The number of carbonyl (C=O) groups excluding carboxylic acids is 3. The molecule has 1 aromatic rings. The number of rotatable bonds is 12. The van der Waals surface area contributed by atoms with E-state index in [1.54, 1.807) is 25.7 Å². The van der Waals surface area contributed by atoms with E-state index >= 15 is 0 Å². The number of unbranched alkanes of at least 4 members (excludes halogenated alkanes) is 1. The number of benzene rings is 1. The van der Waals surface area contributed by atoms with Gasteiger partial charge in [0.15, 0.2) is 0 Å². The third kappa shape index (κ3) is 9.14. The number of ether oxygens (including phenoxy) is 1. The number of nitrogens with one attached hydrogen (secondary N) is 2. The summed E-state index contributed by atoms with van der Waals surface area (Å²) in [7, 11) is 0. The average molecular weight is 504 g/mol. The Labute approximate surface area is 218 Å². The molecule has 0 spiro atoms. The van der Waals surface area contributed by atoms with Gasteiger partial charge in [0.2, 0.25) is 11.8 Å². The molecule has 0 aliphatic rings. The lowest BCUT2D eigenvalue weighted by Gasteiger charge is -2.40. The molecule has 4 atom stereocenters. The largest absolute Gasteiger partial charge is 0.444 e. The second kappa shape index (κ2) is 14.2. The minimum absolute atomic E-state index is 0.153. The van der Waals surface area contributed by atoms with Gasteiger partial charge in [-0.3, -0.25) is 9.59 Å². The van der Waals surface area contributed by atoms with E-state index in [0.717, 1.165) is 29.5 Å². The summed E-state index contributed by atoms with van der Waals surface area (Å²) in [6.07, 6.45) is 2.52. The first-order chi connectivity index (χ1) is 16.8. The molecule has 3 amide bonds. The van der Waals surface area contributed by atoms with Crippen molar-refractivity contribution in [1.29, 1.82) is 0 Å². The molecule has 0 aromatic heterocycles. The van der Waals surface area contributed by atoms with Gasteiger partial charge >= 0.3 is 6.09 Å². The molecule has 0 fully saturated rings. The molecule has 0 aliphatic heterocycles. The quantitative estimate of drug-likeness (QED) is 0.352. The van der Waals surface area contributed by atoms with E-state index in [4.69, 9.17) is 4.74 Å². The summed E-state index contributed by atoms with van der Waals surface area (Å²) >= 11 is 0. The standard InChI is InChI=1S/C29H49N3O4/c1-11-14-17-30-26(33)25(23-16-15-19(4)18-21(23)6)32(22(7)13-3)27(34)24(20(5)12-2)31-28(35)36-29(8,9)10/h15-16,18,20,22,24-25H,11-14,17H2,1-10H3,(H,30,33)(H,31,35). The summed E-state index contributed by atoms with van der Waals surface area (Å²) in [6.45, 7) is 19.8. The van der Waals surface area contributed by atoms with Crippen LogP contribution < -0.4 is 10.6 Å². The van der Waals surface area contributed by atoms with Crippen LogP contribution in [0.25, 0.3) is 0 Å². The molecule has 1 rings (SSSR count). The van der Waals surface area contributed by atoms with Crippen LogP contribution in [0.5, 0.6) is 0 Å². The van der Waals surface area contributed by atoms with Crippen molar-refractivity contribution < 1.29 is 19.1 Å². The summed E-state index contributed by atoms with van der Waals surface area (Å²) in [4.78, 5) is 42.3. The Morgan fingerprint density at radius 1 is 1.03 bits per heavy atom. The first-order valence-electron chi connectivity index (χ1n) is 13.4. The number of aryl methyl sites for hydroxylation is 2. The van der Waals surface area contributed by atoms with Gasteiger partial charge in [-0.25, -0.2) is 4.79 Å². The molecule has 0 radical (unpaired) electrons. The van der Waals surface area contributed by atoms with Crippen LogP contribution in [0, 0.1) is 19.8 Å². The maximum absolute atomic E-state index is 14.2.